The first-order valence-electron chi connectivity index (χ1n) is 5.36. The SMILES string of the molecule is CNC1CCN(c2cc(F)cc(C#N)c2)C1. The number of anilines is 1. The quantitative estimate of drug-likeness (QED) is 0.819. The van der Waals surface area contributed by atoms with Gasteiger partial charge in [0.1, 0.15) is 5.82 Å². The summed E-state index contributed by atoms with van der Waals surface area (Å²) in [6.07, 6.45) is 1.05. The van der Waals surface area contributed by atoms with Gasteiger partial charge in [-0.25, -0.2) is 4.39 Å². The molecule has 4 heteroatoms. The highest BCUT2D eigenvalue weighted by Crippen LogP contribution is 2.22. The average Bonchev–Trinajstić information content (AvgIpc) is 2.76. The zero-order valence-electron chi connectivity index (χ0n) is 9.20. The first kappa shape index (κ1) is 10.9. The van der Waals surface area contributed by atoms with Gasteiger partial charge >= 0.3 is 0 Å². The molecule has 0 amide bonds. The van der Waals surface area contributed by atoms with E-state index in [4.69, 9.17) is 5.26 Å². The van der Waals surface area contributed by atoms with Crippen LogP contribution in [0.5, 0.6) is 0 Å². The van der Waals surface area contributed by atoms with Gasteiger partial charge in [-0.05, 0) is 31.7 Å². The molecule has 0 aliphatic carbocycles. The predicted octanol–water partition coefficient (Wildman–Crippen LogP) is 1.50. The van der Waals surface area contributed by atoms with Crippen molar-refractivity contribution in [3.05, 3.63) is 29.6 Å². The van der Waals surface area contributed by atoms with Gasteiger partial charge in [0.05, 0.1) is 11.6 Å². The number of nitrogens with one attached hydrogen (secondary N) is 1. The normalized spacial score (nSPS) is 19.8. The number of nitrogens with zero attached hydrogens (tertiary/aromatic N) is 2. The van der Waals surface area contributed by atoms with E-state index in [1.54, 1.807) is 6.07 Å². The zero-order chi connectivity index (χ0) is 11.5. The van der Waals surface area contributed by atoms with Crippen LogP contribution >= 0.6 is 0 Å². The van der Waals surface area contributed by atoms with Crippen molar-refractivity contribution in [1.29, 1.82) is 5.26 Å². The number of hydrogen-bond donors (Lipinski definition) is 1. The molecule has 1 aliphatic rings. The van der Waals surface area contributed by atoms with Gasteiger partial charge in [-0.3, -0.25) is 0 Å². The molecule has 1 aromatic rings. The Morgan fingerprint density at radius 2 is 2.31 bits per heavy atom. The molecule has 1 aromatic carbocycles. The molecule has 1 aliphatic heterocycles. The van der Waals surface area contributed by atoms with Gasteiger partial charge in [0.2, 0.25) is 0 Å². The molecule has 0 aromatic heterocycles. The number of benzene rings is 1. The summed E-state index contributed by atoms with van der Waals surface area (Å²) >= 11 is 0. The molecule has 16 heavy (non-hydrogen) atoms. The Kier molecular flexibility index (Phi) is 3.07. The van der Waals surface area contributed by atoms with Gasteiger partial charge in [-0.15, -0.1) is 0 Å². The van der Waals surface area contributed by atoms with Crippen molar-refractivity contribution in [3.8, 4) is 6.07 Å². The molecule has 0 saturated carbocycles. The van der Waals surface area contributed by atoms with Crippen LogP contribution in [0.4, 0.5) is 10.1 Å². The first-order valence-corrected chi connectivity index (χ1v) is 5.36. The lowest BCUT2D eigenvalue weighted by atomic mass is 10.2. The van der Waals surface area contributed by atoms with Crippen LogP contribution in [-0.2, 0) is 0 Å². The van der Waals surface area contributed by atoms with E-state index in [9.17, 15) is 4.39 Å². The summed E-state index contributed by atoms with van der Waals surface area (Å²) in [4.78, 5) is 2.10. The molecule has 0 radical (unpaired) electrons. The van der Waals surface area contributed by atoms with Crippen LogP contribution in [0.15, 0.2) is 18.2 Å². The molecule has 0 spiro atoms. The van der Waals surface area contributed by atoms with Gasteiger partial charge in [0.25, 0.3) is 0 Å². The maximum Gasteiger partial charge on any atom is 0.126 e. The highest BCUT2D eigenvalue weighted by Gasteiger charge is 2.21. The van der Waals surface area contributed by atoms with Crippen LogP contribution in [0, 0.1) is 17.1 Å². The summed E-state index contributed by atoms with van der Waals surface area (Å²) in [6.45, 7) is 1.77. The third kappa shape index (κ3) is 2.15. The lowest BCUT2D eigenvalue weighted by Gasteiger charge is -2.18. The number of rotatable bonds is 2. The van der Waals surface area contributed by atoms with Crippen LogP contribution in [0.2, 0.25) is 0 Å². The van der Waals surface area contributed by atoms with Gasteiger partial charge in [-0.2, -0.15) is 5.26 Å². The zero-order valence-corrected chi connectivity index (χ0v) is 9.20. The summed E-state index contributed by atoms with van der Waals surface area (Å²) < 4.78 is 13.3. The minimum Gasteiger partial charge on any atom is -0.370 e. The second-order valence-electron chi connectivity index (χ2n) is 4.03. The molecule has 1 unspecified atom stereocenters. The second-order valence-corrected chi connectivity index (χ2v) is 4.03. The molecular formula is C12H14FN3. The molecule has 1 saturated heterocycles. The number of hydrogen-bond acceptors (Lipinski definition) is 3. The molecule has 1 atom stereocenters. The Bertz CT molecular complexity index is 425. The van der Waals surface area contributed by atoms with Gasteiger partial charge < -0.3 is 10.2 Å². The summed E-state index contributed by atoms with van der Waals surface area (Å²) in [7, 11) is 1.93. The minimum atomic E-state index is -0.345. The lowest BCUT2D eigenvalue weighted by Crippen LogP contribution is -2.29. The molecule has 84 valence electrons. The van der Waals surface area contributed by atoms with E-state index in [1.807, 2.05) is 13.1 Å². The monoisotopic (exact) mass is 219 g/mol. The van der Waals surface area contributed by atoms with Gasteiger partial charge in [-0.1, -0.05) is 0 Å². The fourth-order valence-electron chi connectivity index (χ4n) is 2.05. The Morgan fingerprint density at radius 1 is 1.50 bits per heavy atom. The fourth-order valence-corrected chi connectivity index (χ4v) is 2.05. The fraction of sp³-hybridized carbons (Fsp3) is 0.417. The standard InChI is InChI=1S/C12H14FN3/c1-15-11-2-3-16(8-11)12-5-9(7-14)4-10(13)6-12/h4-6,11,15H,2-3,8H2,1H3. The molecule has 1 fully saturated rings. The molecule has 2 rings (SSSR count). The van der Waals surface area contributed by atoms with Crippen LogP contribution < -0.4 is 10.2 Å². The average molecular weight is 219 g/mol. The number of nitriles is 1. The van der Waals surface area contributed by atoms with E-state index < -0.39 is 0 Å². The molecule has 3 nitrogen and oxygen atoms in total. The van der Waals surface area contributed by atoms with Gasteiger partial charge in [0.15, 0.2) is 0 Å². The third-order valence-electron chi connectivity index (χ3n) is 2.97. The third-order valence-corrected chi connectivity index (χ3v) is 2.97. The highest BCUT2D eigenvalue weighted by atomic mass is 19.1. The smallest absolute Gasteiger partial charge is 0.126 e. The Morgan fingerprint density at radius 3 is 2.94 bits per heavy atom. The minimum absolute atomic E-state index is 0.345. The van der Waals surface area contributed by atoms with Crippen molar-refractivity contribution in [3.63, 3.8) is 0 Å². The first-order chi connectivity index (χ1) is 7.72. The van der Waals surface area contributed by atoms with Crippen LogP contribution in [-0.4, -0.2) is 26.2 Å². The predicted molar refractivity (Wildman–Crippen MR) is 60.8 cm³/mol. The van der Waals surface area contributed by atoms with Crippen molar-refractivity contribution in [2.24, 2.45) is 0 Å². The topological polar surface area (TPSA) is 39.1 Å². The summed E-state index contributed by atoms with van der Waals surface area (Å²) in [5, 5.41) is 12.0. The van der Waals surface area contributed by atoms with Crippen molar-refractivity contribution in [2.45, 2.75) is 12.5 Å². The van der Waals surface area contributed by atoms with Crippen molar-refractivity contribution in [2.75, 3.05) is 25.0 Å². The van der Waals surface area contributed by atoms with Gasteiger partial charge in [0, 0.05) is 24.8 Å². The maximum atomic E-state index is 13.3. The molecular weight excluding hydrogens is 205 g/mol. The maximum absolute atomic E-state index is 13.3. The summed E-state index contributed by atoms with van der Waals surface area (Å²) in [6, 6.07) is 6.91. The van der Waals surface area contributed by atoms with Crippen molar-refractivity contribution >= 4 is 5.69 Å². The van der Waals surface area contributed by atoms with E-state index in [0.717, 1.165) is 25.2 Å². The highest BCUT2D eigenvalue weighted by molar-refractivity contribution is 5.52. The van der Waals surface area contributed by atoms with E-state index >= 15 is 0 Å². The van der Waals surface area contributed by atoms with Crippen molar-refractivity contribution < 1.29 is 4.39 Å². The summed E-state index contributed by atoms with van der Waals surface area (Å²) in [5.74, 6) is -0.345. The number of halogens is 1. The van der Waals surface area contributed by atoms with Crippen molar-refractivity contribution in [1.82, 2.24) is 5.32 Å². The van der Waals surface area contributed by atoms with E-state index in [0.29, 0.717) is 11.6 Å². The Hall–Kier alpha value is -1.60. The molecule has 1 heterocycles. The van der Waals surface area contributed by atoms with E-state index in [-0.39, 0.29) is 5.82 Å². The van der Waals surface area contributed by atoms with Crippen LogP contribution in [0.1, 0.15) is 12.0 Å². The Balaban J connectivity index is 2.21. The Labute approximate surface area is 94.5 Å². The lowest BCUT2D eigenvalue weighted by molar-refractivity contribution is 0.615. The molecule has 0 bridgehead atoms. The second kappa shape index (κ2) is 4.50. The number of likely N-dealkylation sites (N-methyl/N-ethyl adjacent to an activating group) is 1. The van der Waals surface area contributed by atoms with E-state index in [2.05, 4.69) is 10.2 Å². The largest absolute Gasteiger partial charge is 0.370 e. The van der Waals surface area contributed by atoms with Crippen LogP contribution in [0.25, 0.3) is 0 Å². The summed E-state index contributed by atoms with van der Waals surface area (Å²) in [5.41, 5.74) is 1.18. The van der Waals surface area contributed by atoms with Crippen LogP contribution in [0.3, 0.4) is 0 Å². The molecule has 1 N–H and O–H groups in total. The van der Waals surface area contributed by atoms with E-state index in [1.165, 1.54) is 12.1 Å².